The first-order valence-electron chi connectivity index (χ1n) is 8.77. The fourth-order valence-electron chi connectivity index (χ4n) is 2.61. The summed E-state index contributed by atoms with van der Waals surface area (Å²) in [6.07, 6.45) is 2.01. The van der Waals surface area contributed by atoms with Gasteiger partial charge < -0.3 is 23.9 Å². The summed E-state index contributed by atoms with van der Waals surface area (Å²) in [7, 11) is 3.16. The highest BCUT2D eigenvalue weighted by Gasteiger charge is 2.11. The molecule has 0 aliphatic carbocycles. The van der Waals surface area contributed by atoms with Crippen LogP contribution in [0.5, 0.6) is 17.2 Å². The molecule has 7 nitrogen and oxygen atoms in total. The van der Waals surface area contributed by atoms with E-state index in [9.17, 15) is 9.59 Å². The van der Waals surface area contributed by atoms with Crippen LogP contribution in [0, 0.1) is 0 Å². The van der Waals surface area contributed by atoms with Crippen molar-refractivity contribution in [2.75, 3.05) is 27.4 Å². The van der Waals surface area contributed by atoms with Crippen LogP contribution in [0.4, 0.5) is 0 Å². The number of ether oxygens (including phenoxy) is 3. The van der Waals surface area contributed by atoms with Crippen LogP contribution >= 0.6 is 0 Å². The Kier molecular flexibility index (Phi) is 6.29. The Balaban J connectivity index is 1.71. The summed E-state index contributed by atoms with van der Waals surface area (Å²) in [5, 5.41) is 3.20. The van der Waals surface area contributed by atoms with Crippen LogP contribution in [0.1, 0.15) is 16.8 Å². The molecule has 1 heterocycles. The van der Waals surface area contributed by atoms with Crippen molar-refractivity contribution in [2.45, 2.75) is 6.42 Å². The lowest BCUT2D eigenvalue weighted by atomic mass is 10.2. The van der Waals surface area contributed by atoms with Crippen molar-refractivity contribution in [1.82, 2.24) is 5.32 Å². The molecule has 0 atom stereocenters. The molecular formula is C21H21NO6. The SMILES string of the molecule is COCCCNC(=O)c1ccc(Oc2coc3cc(OC)ccc3c2=O)cc1. The van der Waals surface area contributed by atoms with Crippen LogP contribution in [-0.2, 0) is 4.74 Å². The zero-order valence-electron chi connectivity index (χ0n) is 15.7. The van der Waals surface area contributed by atoms with Crippen LogP contribution in [0.15, 0.2) is 57.9 Å². The van der Waals surface area contributed by atoms with Crippen LogP contribution in [-0.4, -0.2) is 33.3 Å². The van der Waals surface area contributed by atoms with E-state index >= 15 is 0 Å². The molecule has 1 amide bonds. The lowest BCUT2D eigenvalue weighted by Gasteiger charge is -2.08. The van der Waals surface area contributed by atoms with E-state index in [-0.39, 0.29) is 17.1 Å². The van der Waals surface area contributed by atoms with Crippen molar-refractivity contribution < 1.29 is 23.4 Å². The van der Waals surface area contributed by atoms with E-state index in [2.05, 4.69) is 5.32 Å². The summed E-state index contributed by atoms with van der Waals surface area (Å²) in [4.78, 5) is 24.6. The summed E-state index contributed by atoms with van der Waals surface area (Å²) in [6, 6.07) is 11.5. The van der Waals surface area contributed by atoms with Crippen molar-refractivity contribution >= 4 is 16.9 Å². The molecule has 0 bridgehead atoms. The molecule has 0 fully saturated rings. The molecule has 0 unspecified atom stereocenters. The predicted molar refractivity (Wildman–Crippen MR) is 104 cm³/mol. The van der Waals surface area contributed by atoms with E-state index < -0.39 is 0 Å². The number of fused-ring (bicyclic) bond motifs is 1. The first kappa shape index (κ1) is 19.4. The number of methoxy groups -OCH3 is 2. The van der Waals surface area contributed by atoms with Crippen molar-refractivity contribution in [2.24, 2.45) is 0 Å². The Hall–Kier alpha value is -3.32. The molecule has 7 heteroatoms. The minimum Gasteiger partial charge on any atom is -0.497 e. The highest BCUT2D eigenvalue weighted by atomic mass is 16.5. The van der Waals surface area contributed by atoms with Gasteiger partial charge in [-0.25, -0.2) is 0 Å². The van der Waals surface area contributed by atoms with Gasteiger partial charge >= 0.3 is 0 Å². The zero-order valence-corrected chi connectivity index (χ0v) is 15.7. The van der Waals surface area contributed by atoms with Gasteiger partial charge in [0.15, 0.2) is 0 Å². The van der Waals surface area contributed by atoms with E-state index in [0.717, 1.165) is 6.42 Å². The molecule has 0 saturated carbocycles. The Morgan fingerprint density at radius 2 is 1.82 bits per heavy atom. The summed E-state index contributed by atoms with van der Waals surface area (Å²) >= 11 is 0. The van der Waals surface area contributed by atoms with Gasteiger partial charge in [0.1, 0.15) is 23.3 Å². The van der Waals surface area contributed by atoms with Crippen molar-refractivity contribution in [3.63, 3.8) is 0 Å². The topological polar surface area (TPSA) is 87.0 Å². The smallest absolute Gasteiger partial charge is 0.251 e. The molecule has 0 spiro atoms. The molecule has 0 saturated heterocycles. The van der Waals surface area contributed by atoms with E-state index in [1.54, 1.807) is 56.7 Å². The van der Waals surface area contributed by atoms with E-state index in [0.29, 0.717) is 41.2 Å². The maximum atomic E-state index is 12.6. The number of hydrogen-bond acceptors (Lipinski definition) is 6. The number of carbonyl (C=O) groups excluding carboxylic acids is 1. The molecule has 1 aromatic heterocycles. The normalized spacial score (nSPS) is 10.6. The monoisotopic (exact) mass is 383 g/mol. The van der Waals surface area contributed by atoms with E-state index in [1.165, 1.54) is 6.26 Å². The standard InChI is InChI=1S/C21H21NO6/c1-25-11-3-10-22-21(24)14-4-6-15(7-5-14)28-19-13-27-18-12-16(26-2)8-9-17(18)20(19)23/h4-9,12-13H,3,10-11H2,1-2H3,(H,22,24). The molecule has 1 N–H and O–H groups in total. The van der Waals surface area contributed by atoms with Crippen LogP contribution in [0.3, 0.4) is 0 Å². The predicted octanol–water partition coefficient (Wildman–Crippen LogP) is 3.36. The number of benzene rings is 2. The number of hydrogen-bond donors (Lipinski definition) is 1. The first-order valence-corrected chi connectivity index (χ1v) is 8.77. The summed E-state index contributed by atoms with van der Waals surface area (Å²) in [5.41, 5.74) is 0.628. The minimum atomic E-state index is -0.288. The fourth-order valence-corrected chi connectivity index (χ4v) is 2.61. The Morgan fingerprint density at radius 1 is 1.07 bits per heavy atom. The lowest BCUT2D eigenvalue weighted by Crippen LogP contribution is -2.25. The average Bonchev–Trinajstić information content (AvgIpc) is 2.73. The maximum absolute atomic E-state index is 12.6. The van der Waals surface area contributed by atoms with Crippen LogP contribution in [0.25, 0.3) is 11.0 Å². The molecule has 0 radical (unpaired) electrons. The molecule has 2 aromatic carbocycles. The van der Waals surface area contributed by atoms with Gasteiger partial charge in [0.2, 0.25) is 11.2 Å². The van der Waals surface area contributed by atoms with Gasteiger partial charge in [-0.2, -0.15) is 0 Å². The van der Waals surface area contributed by atoms with Gasteiger partial charge in [0.25, 0.3) is 5.91 Å². The molecule has 28 heavy (non-hydrogen) atoms. The molecule has 0 aliphatic rings. The highest BCUT2D eigenvalue weighted by molar-refractivity contribution is 5.94. The third kappa shape index (κ3) is 4.50. The van der Waals surface area contributed by atoms with Crippen molar-refractivity contribution in [1.29, 1.82) is 0 Å². The largest absolute Gasteiger partial charge is 0.497 e. The molecule has 146 valence electrons. The minimum absolute atomic E-state index is 0.0643. The molecule has 3 rings (SSSR count). The summed E-state index contributed by atoms with van der Waals surface area (Å²) in [5.74, 6) is 0.910. The summed E-state index contributed by atoms with van der Waals surface area (Å²) < 4.78 is 21.2. The fraction of sp³-hybridized carbons (Fsp3) is 0.238. The number of amides is 1. The third-order valence-electron chi connectivity index (χ3n) is 4.11. The van der Waals surface area contributed by atoms with Crippen molar-refractivity contribution in [3.05, 3.63) is 64.5 Å². The molecule has 0 aliphatic heterocycles. The van der Waals surface area contributed by atoms with Crippen LogP contribution < -0.4 is 20.2 Å². The van der Waals surface area contributed by atoms with Gasteiger partial charge in [0.05, 0.1) is 12.5 Å². The second kappa shape index (κ2) is 9.05. The quantitative estimate of drug-likeness (QED) is 0.600. The number of rotatable bonds is 8. The average molecular weight is 383 g/mol. The third-order valence-corrected chi connectivity index (χ3v) is 4.11. The Bertz CT molecular complexity index is 1010. The van der Waals surface area contributed by atoms with Gasteiger partial charge in [-0.1, -0.05) is 0 Å². The molecular weight excluding hydrogens is 362 g/mol. The number of carbonyl (C=O) groups is 1. The maximum Gasteiger partial charge on any atom is 0.251 e. The Labute approximate surface area is 161 Å². The highest BCUT2D eigenvalue weighted by Crippen LogP contribution is 2.24. The second-order valence-corrected chi connectivity index (χ2v) is 6.02. The summed E-state index contributed by atoms with van der Waals surface area (Å²) in [6.45, 7) is 1.13. The first-order chi connectivity index (χ1) is 13.6. The lowest BCUT2D eigenvalue weighted by molar-refractivity contribution is 0.0948. The van der Waals surface area contributed by atoms with Gasteiger partial charge in [-0.3, -0.25) is 9.59 Å². The molecule has 3 aromatic rings. The second-order valence-electron chi connectivity index (χ2n) is 6.02. The zero-order chi connectivity index (χ0) is 19.9. The Morgan fingerprint density at radius 3 is 2.54 bits per heavy atom. The van der Waals surface area contributed by atoms with Crippen molar-refractivity contribution in [3.8, 4) is 17.2 Å². The van der Waals surface area contributed by atoms with Gasteiger partial charge in [0, 0.05) is 31.9 Å². The van der Waals surface area contributed by atoms with E-state index in [4.69, 9.17) is 18.6 Å². The van der Waals surface area contributed by atoms with E-state index in [1.807, 2.05) is 0 Å². The van der Waals surface area contributed by atoms with Gasteiger partial charge in [-0.15, -0.1) is 0 Å². The number of nitrogens with one attached hydrogen (secondary N) is 1. The van der Waals surface area contributed by atoms with Crippen LogP contribution in [0.2, 0.25) is 0 Å². The van der Waals surface area contributed by atoms with Gasteiger partial charge in [-0.05, 0) is 42.8 Å².